The predicted molar refractivity (Wildman–Crippen MR) is 273 cm³/mol. The van der Waals surface area contributed by atoms with E-state index in [1.165, 1.54) is 125 Å². The van der Waals surface area contributed by atoms with Crippen LogP contribution < -0.4 is 9.47 Å². The Labute approximate surface area is 413 Å². The van der Waals surface area contributed by atoms with Crippen LogP contribution >= 0.6 is 0 Å². The molecule has 0 fully saturated rings. The fourth-order valence-corrected chi connectivity index (χ4v) is 21.7. The monoisotopic (exact) mass is 969 g/mol. The largest absolute Gasteiger partial charge is 0.495 e. The zero-order valence-electron chi connectivity index (χ0n) is 43.3. The number of ether oxygens (including phenoxy) is 2. The summed E-state index contributed by atoms with van der Waals surface area (Å²) < 4.78 is 25.8. The second kappa shape index (κ2) is 32.9. The van der Waals surface area contributed by atoms with Gasteiger partial charge in [0.05, 0.1) is 13.2 Å². The third-order valence-corrected chi connectivity index (χ3v) is 26.3. The first kappa shape index (κ1) is 59.4. The molecule has 4 nitrogen and oxygen atoms in total. The third-order valence-electron chi connectivity index (χ3n) is 14.0. The maximum absolute atomic E-state index is 6.74. The van der Waals surface area contributed by atoms with Gasteiger partial charge in [-0.05, 0) is 58.9 Å². The molecule has 0 unspecified atom stereocenters. The predicted octanol–water partition coefficient (Wildman–Crippen LogP) is 18.1. The minimum Gasteiger partial charge on any atom is -0.495 e. The van der Waals surface area contributed by atoms with Crippen molar-refractivity contribution in [2.24, 2.45) is 0 Å². The van der Waals surface area contributed by atoms with Gasteiger partial charge in [-0.2, -0.15) is 0 Å². The van der Waals surface area contributed by atoms with Gasteiger partial charge in [0.1, 0.15) is 11.5 Å². The molecule has 2 rings (SSSR count). The summed E-state index contributed by atoms with van der Waals surface area (Å²) >= 11 is 0. The number of aryl methyl sites for hydroxylation is 2. The molecule has 0 heterocycles. The van der Waals surface area contributed by atoms with Gasteiger partial charge in [-0.25, -0.2) is 0 Å². The normalized spacial score (nSPS) is 12.4. The van der Waals surface area contributed by atoms with Gasteiger partial charge >= 0.3 is 0 Å². The van der Waals surface area contributed by atoms with E-state index in [0.29, 0.717) is 33.2 Å². The second-order valence-corrected chi connectivity index (χ2v) is 31.5. The van der Waals surface area contributed by atoms with Crippen molar-refractivity contribution >= 4 is 16.6 Å². The number of benzene rings is 2. The molecule has 355 valence electrons. The zero-order valence-corrected chi connectivity index (χ0v) is 48.1. The van der Waals surface area contributed by atoms with Crippen molar-refractivity contribution in [1.29, 1.82) is 0 Å². The fourth-order valence-electron chi connectivity index (χ4n) is 10.7. The van der Waals surface area contributed by atoms with E-state index in [9.17, 15) is 0 Å². The van der Waals surface area contributed by atoms with Crippen LogP contribution in [0.15, 0.2) is 36.4 Å². The van der Waals surface area contributed by atoms with Crippen LogP contribution in [0.4, 0.5) is 0 Å². The Morgan fingerprint density at radius 1 is 0.371 bits per heavy atom. The summed E-state index contributed by atoms with van der Waals surface area (Å²) in [4.78, 5) is 0. The molecule has 0 aliphatic heterocycles. The molecule has 1 radical (unpaired) electrons. The van der Waals surface area contributed by atoms with Crippen LogP contribution in [0.5, 0.6) is 11.5 Å². The van der Waals surface area contributed by atoms with Gasteiger partial charge in [0.15, 0.2) is 16.6 Å². The van der Waals surface area contributed by atoms with Crippen molar-refractivity contribution < 1.29 is 51.0 Å². The topological polar surface area (TPSA) is 36.9 Å². The quantitative estimate of drug-likeness (QED) is 0.0387. The summed E-state index contributed by atoms with van der Waals surface area (Å²) in [6, 6.07) is 13.0. The van der Waals surface area contributed by atoms with Crippen molar-refractivity contribution in [3.05, 3.63) is 65.1 Å². The van der Waals surface area contributed by atoms with E-state index < -0.39 is 16.6 Å². The van der Waals surface area contributed by atoms with E-state index in [1.807, 2.05) is 0 Å². The van der Waals surface area contributed by atoms with Gasteiger partial charge in [-0.3, -0.25) is 0 Å². The molecule has 0 spiro atoms. The summed E-state index contributed by atoms with van der Waals surface area (Å²) in [6.45, 7) is 36.5. The summed E-state index contributed by atoms with van der Waals surface area (Å²) in [5, 5.41) is 0. The van der Waals surface area contributed by atoms with Gasteiger partial charge < -0.3 is 18.3 Å². The number of rotatable bonds is 36. The van der Waals surface area contributed by atoms with Crippen molar-refractivity contribution in [3.8, 4) is 11.5 Å². The Morgan fingerprint density at radius 2 is 0.613 bits per heavy atom. The molecule has 62 heavy (non-hydrogen) atoms. The van der Waals surface area contributed by atoms with Crippen LogP contribution in [-0.2, 0) is 41.6 Å². The van der Waals surface area contributed by atoms with Gasteiger partial charge in [0, 0.05) is 45.9 Å². The molecule has 7 heteroatoms. The molecule has 0 bridgehead atoms. The minimum absolute atomic E-state index is 0. The van der Waals surface area contributed by atoms with Crippen LogP contribution in [0.25, 0.3) is 0 Å². The van der Waals surface area contributed by atoms with E-state index >= 15 is 0 Å². The molecule has 0 N–H and O–H groups in total. The Morgan fingerprint density at radius 3 is 0.855 bits per heavy atom. The molecule has 2 aromatic carbocycles. The average Bonchev–Trinajstić information content (AvgIpc) is 3.19. The van der Waals surface area contributed by atoms with E-state index in [2.05, 4.69) is 140 Å². The summed E-state index contributed by atoms with van der Waals surface area (Å²) in [5.41, 5.74) is 9.04. The smallest absolute Gasteiger partial charge is 0.200 e. The van der Waals surface area contributed by atoms with Gasteiger partial charge in [-0.15, -0.1) is 40.8 Å². The SMILES string of the molecule is Cc1cc(OCCCCCCCCCCCO[Si](C(C)C)(C(C)C)C(C)C)ccc1[CH-]c1ccc(OCCCCCCCCCCCO[Si](C(C)C)(C(C)C)C(C)C)cc1C.[Y]. The Bertz CT molecular complexity index is 1270. The molecule has 2 aromatic rings. The number of hydrogen-bond acceptors (Lipinski definition) is 4. The first-order chi connectivity index (χ1) is 29.1. The van der Waals surface area contributed by atoms with E-state index in [-0.39, 0.29) is 32.7 Å². The van der Waals surface area contributed by atoms with Crippen molar-refractivity contribution in [2.75, 3.05) is 26.4 Å². The average molecular weight is 969 g/mol. The number of unbranched alkanes of at least 4 members (excludes halogenated alkanes) is 16. The van der Waals surface area contributed by atoms with E-state index in [1.54, 1.807) is 0 Å². The third kappa shape index (κ3) is 20.5. The minimum atomic E-state index is -1.70. The Kier molecular flexibility index (Phi) is 31.6. The van der Waals surface area contributed by atoms with Gasteiger partial charge in [-0.1, -0.05) is 211 Å². The summed E-state index contributed by atoms with van der Waals surface area (Å²) in [7, 11) is -3.41. The molecule has 0 atom stereocenters. The van der Waals surface area contributed by atoms with Crippen LogP contribution in [0.3, 0.4) is 0 Å². The maximum atomic E-state index is 6.74. The first-order valence-electron chi connectivity index (χ1n) is 25.7. The van der Waals surface area contributed by atoms with Crippen molar-refractivity contribution in [2.45, 2.75) is 246 Å². The summed E-state index contributed by atoms with van der Waals surface area (Å²) in [6.07, 6.45) is 25.5. The Hall–Kier alpha value is -0.632. The molecule has 0 amide bonds. The second-order valence-electron chi connectivity index (χ2n) is 20.6. The van der Waals surface area contributed by atoms with Crippen LogP contribution in [0.2, 0.25) is 33.2 Å². The maximum Gasteiger partial charge on any atom is 0.200 e. The van der Waals surface area contributed by atoms with E-state index in [0.717, 1.165) is 50.8 Å². The molecule has 0 aliphatic rings. The number of hydrogen-bond donors (Lipinski definition) is 0. The molecular formula is C55H99O4Si2Y-. The first-order valence-corrected chi connectivity index (χ1v) is 30.0. The summed E-state index contributed by atoms with van der Waals surface area (Å²) in [5.74, 6) is 1.96. The standard InChI is InChI=1S/C55H99O4Si2.Y/c1-44(2)60(45(3)4,46(5)6)58-39-31-27-23-19-15-17-21-25-29-37-56-54-35-33-52(50(13)41-54)43-53-34-36-55(42-51(53)14)57-38-30-26-22-18-16-20-24-28-32-40-59-61(47(7)8,48(9)10)49(11)12;/h33-36,41-49H,15-32,37-40H2,1-14H3;/q-1;. The van der Waals surface area contributed by atoms with Crippen LogP contribution in [-0.4, -0.2) is 43.1 Å². The molecule has 0 saturated heterocycles. The van der Waals surface area contributed by atoms with Crippen LogP contribution in [0.1, 0.15) is 221 Å². The van der Waals surface area contributed by atoms with Gasteiger partial charge in [0.25, 0.3) is 0 Å². The van der Waals surface area contributed by atoms with E-state index in [4.69, 9.17) is 18.3 Å². The van der Waals surface area contributed by atoms with Gasteiger partial charge in [0.2, 0.25) is 0 Å². The van der Waals surface area contributed by atoms with Crippen LogP contribution in [0, 0.1) is 20.3 Å². The molecule has 0 saturated carbocycles. The zero-order chi connectivity index (χ0) is 45.3. The van der Waals surface area contributed by atoms with Crippen molar-refractivity contribution in [1.82, 2.24) is 0 Å². The molecule has 0 aliphatic carbocycles. The fraction of sp³-hybridized carbons (Fsp3) is 0.764. The Balaban J connectivity index is 0.0000192. The molecule has 0 aromatic heterocycles. The van der Waals surface area contributed by atoms with Crippen molar-refractivity contribution in [3.63, 3.8) is 0 Å². The molecular weight excluding hydrogens is 870 g/mol.